The fraction of sp³-hybridized carbons (Fsp3) is 0.200. The molecule has 4 heteroatoms. The molecule has 1 unspecified atom stereocenters. The lowest BCUT2D eigenvalue weighted by Crippen LogP contribution is -2.23. The summed E-state index contributed by atoms with van der Waals surface area (Å²) in [4.78, 5) is 0. The molecule has 0 fully saturated rings. The molecule has 2 aromatic rings. The number of rotatable bonds is 2. The number of para-hydroxylation sites is 2. The van der Waals surface area contributed by atoms with Crippen LogP contribution in [0.5, 0.6) is 11.5 Å². The summed E-state index contributed by atoms with van der Waals surface area (Å²) >= 11 is 3.49. The Hall–Kier alpha value is -1.68. The van der Waals surface area contributed by atoms with E-state index in [0.717, 1.165) is 33.8 Å². The normalized spacial score (nSPS) is 17.1. The Morgan fingerprint density at radius 3 is 2.95 bits per heavy atom. The summed E-state index contributed by atoms with van der Waals surface area (Å²) < 4.78 is 12.5. The van der Waals surface area contributed by atoms with E-state index >= 15 is 0 Å². The van der Waals surface area contributed by atoms with Gasteiger partial charge in [-0.3, -0.25) is 0 Å². The molecule has 0 radical (unpaired) electrons. The summed E-state index contributed by atoms with van der Waals surface area (Å²) in [5.41, 5.74) is 2.08. The molecule has 19 heavy (non-hydrogen) atoms. The lowest BCUT2D eigenvalue weighted by molar-refractivity contribution is 0.205. The number of benzene rings is 2. The second-order valence-corrected chi connectivity index (χ2v) is 5.29. The van der Waals surface area contributed by atoms with Gasteiger partial charge >= 0.3 is 0 Å². The van der Waals surface area contributed by atoms with E-state index in [4.69, 9.17) is 9.47 Å². The maximum absolute atomic E-state index is 6.05. The zero-order chi connectivity index (χ0) is 13.2. The highest BCUT2D eigenvalue weighted by Crippen LogP contribution is 2.37. The minimum atomic E-state index is -0.0534. The van der Waals surface area contributed by atoms with Crippen LogP contribution in [0.15, 0.2) is 46.9 Å². The van der Waals surface area contributed by atoms with Crippen molar-refractivity contribution in [2.24, 2.45) is 0 Å². The Morgan fingerprint density at radius 2 is 2.11 bits per heavy atom. The van der Waals surface area contributed by atoms with Gasteiger partial charge in [0.05, 0.1) is 19.3 Å². The Balaban J connectivity index is 1.95. The third-order valence-corrected chi connectivity index (χ3v) is 3.67. The number of hydrogen-bond acceptors (Lipinski definition) is 3. The predicted octanol–water partition coefficient (Wildman–Crippen LogP) is 4.00. The molecule has 0 spiro atoms. The van der Waals surface area contributed by atoms with E-state index in [2.05, 4.69) is 21.2 Å². The smallest absolute Gasteiger partial charge is 0.145 e. The van der Waals surface area contributed by atoms with Crippen molar-refractivity contribution in [2.45, 2.75) is 6.10 Å². The topological polar surface area (TPSA) is 30.5 Å². The van der Waals surface area contributed by atoms with Crippen molar-refractivity contribution < 1.29 is 9.47 Å². The molecule has 1 aliphatic heterocycles. The van der Waals surface area contributed by atoms with Gasteiger partial charge in [-0.1, -0.05) is 28.1 Å². The molecule has 0 amide bonds. The Morgan fingerprint density at radius 1 is 1.26 bits per heavy atom. The van der Waals surface area contributed by atoms with E-state index < -0.39 is 0 Å². The van der Waals surface area contributed by atoms with E-state index in [1.54, 1.807) is 7.11 Å². The maximum Gasteiger partial charge on any atom is 0.145 e. The molecule has 3 nitrogen and oxygen atoms in total. The van der Waals surface area contributed by atoms with E-state index in [9.17, 15) is 0 Å². The van der Waals surface area contributed by atoms with Crippen LogP contribution in [0.25, 0.3) is 0 Å². The highest BCUT2D eigenvalue weighted by atomic mass is 79.9. The summed E-state index contributed by atoms with van der Waals surface area (Å²) in [6.07, 6.45) is -0.0534. The second kappa shape index (κ2) is 5.13. The van der Waals surface area contributed by atoms with Gasteiger partial charge in [0.15, 0.2) is 0 Å². The van der Waals surface area contributed by atoms with Gasteiger partial charge in [0.2, 0.25) is 0 Å². The van der Waals surface area contributed by atoms with Gasteiger partial charge in [-0.2, -0.15) is 0 Å². The van der Waals surface area contributed by atoms with Gasteiger partial charge < -0.3 is 14.8 Å². The minimum Gasteiger partial charge on any atom is -0.496 e. The number of halogens is 1. The summed E-state index contributed by atoms with van der Waals surface area (Å²) in [7, 11) is 1.68. The van der Waals surface area contributed by atoms with Crippen LogP contribution < -0.4 is 14.8 Å². The van der Waals surface area contributed by atoms with Crippen LogP contribution in [0.4, 0.5) is 5.69 Å². The molecule has 3 rings (SSSR count). The zero-order valence-corrected chi connectivity index (χ0v) is 12.1. The van der Waals surface area contributed by atoms with Gasteiger partial charge in [-0.25, -0.2) is 0 Å². The van der Waals surface area contributed by atoms with Gasteiger partial charge in [-0.05, 0) is 30.3 Å². The van der Waals surface area contributed by atoms with Crippen molar-refractivity contribution in [3.05, 3.63) is 52.5 Å². The number of fused-ring (bicyclic) bond motifs is 1. The number of anilines is 1. The van der Waals surface area contributed by atoms with Crippen molar-refractivity contribution in [3.63, 3.8) is 0 Å². The van der Waals surface area contributed by atoms with Crippen LogP contribution in [-0.4, -0.2) is 13.7 Å². The lowest BCUT2D eigenvalue weighted by Gasteiger charge is -2.28. The number of hydrogen-bond donors (Lipinski definition) is 1. The Kier molecular flexibility index (Phi) is 3.34. The maximum atomic E-state index is 6.05. The molecule has 0 bridgehead atoms. The van der Waals surface area contributed by atoms with Crippen LogP contribution in [0.3, 0.4) is 0 Å². The van der Waals surface area contributed by atoms with Crippen LogP contribution in [-0.2, 0) is 0 Å². The van der Waals surface area contributed by atoms with Crippen LogP contribution in [0.1, 0.15) is 11.7 Å². The molecule has 2 aromatic carbocycles. The summed E-state index contributed by atoms with van der Waals surface area (Å²) in [5.74, 6) is 1.72. The van der Waals surface area contributed by atoms with Gasteiger partial charge in [0, 0.05) is 10.0 Å². The van der Waals surface area contributed by atoms with Crippen molar-refractivity contribution in [1.29, 1.82) is 0 Å². The van der Waals surface area contributed by atoms with Crippen molar-refractivity contribution >= 4 is 21.6 Å². The highest BCUT2D eigenvalue weighted by Gasteiger charge is 2.23. The summed E-state index contributed by atoms with van der Waals surface area (Å²) in [5, 5.41) is 3.39. The fourth-order valence-electron chi connectivity index (χ4n) is 2.24. The average Bonchev–Trinajstić information content (AvgIpc) is 2.46. The van der Waals surface area contributed by atoms with Crippen molar-refractivity contribution in [3.8, 4) is 11.5 Å². The molecule has 0 saturated heterocycles. The third kappa shape index (κ3) is 2.40. The van der Waals surface area contributed by atoms with Gasteiger partial charge in [0.1, 0.15) is 17.6 Å². The Bertz CT molecular complexity index is 600. The molecule has 98 valence electrons. The van der Waals surface area contributed by atoms with E-state index in [1.807, 2.05) is 42.5 Å². The molecule has 1 aliphatic rings. The first-order valence-corrected chi connectivity index (χ1v) is 6.90. The summed E-state index contributed by atoms with van der Waals surface area (Å²) in [6, 6.07) is 13.9. The first-order chi connectivity index (χ1) is 9.28. The quantitative estimate of drug-likeness (QED) is 0.907. The third-order valence-electron chi connectivity index (χ3n) is 3.17. The van der Waals surface area contributed by atoms with Gasteiger partial charge in [-0.15, -0.1) is 0 Å². The number of ether oxygens (including phenoxy) is 2. The Labute approximate surface area is 120 Å². The first kappa shape index (κ1) is 12.4. The van der Waals surface area contributed by atoms with Crippen LogP contribution in [0.2, 0.25) is 0 Å². The standard InChI is InChI=1S/C15H14BrNO2/c1-18-13-7-6-10(16)8-11(13)15-9-17-12-4-2-3-5-14(12)19-15/h2-8,15,17H,9H2,1H3. The SMILES string of the molecule is COc1ccc(Br)cc1C1CNc2ccccc2O1. The molecular formula is C15H14BrNO2. The largest absolute Gasteiger partial charge is 0.496 e. The molecule has 1 heterocycles. The molecule has 0 aliphatic carbocycles. The van der Waals surface area contributed by atoms with Gasteiger partial charge in [0.25, 0.3) is 0 Å². The van der Waals surface area contributed by atoms with E-state index in [-0.39, 0.29) is 6.10 Å². The molecule has 1 atom stereocenters. The van der Waals surface area contributed by atoms with E-state index in [0.29, 0.717) is 0 Å². The predicted molar refractivity (Wildman–Crippen MR) is 79.0 cm³/mol. The second-order valence-electron chi connectivity index (χ2n) is 4.37. The lowest BCUT2D eigenvalue weighted by atomic mass is 10.1. The molecule has 1 N–H and O–H groups in total. The number of methoxy groups -OCH3 is 1. The zero-order valence-electron chi connectivity index (χ0n) is 10.5. The van der Waals surface area contributed by atoms with Crippen molar-refractivity contribution in [1.82, 2.24) is 0 Å². The number of nitrogens with one attached hydrogen (secondary N) is 1. The minimum absolute atomic E-state index is 0.0534. The summed E-state index contributed by atoms with van der Waals surface area (Å²) in [6.45, 7) is 0.726. The van der Waals surface area contributed by atoms with E-state index in [1.165, 1.54) is 0 Å². The fourth-order valence-corrected chi connectivity index (χ4v) is 2.62. The van der Waals surface area contributed by atoms with Crippen LogP contribution in [0, 0.1) is 0 Å². The molecule has 0 aromatic heterocycles. The monoisotopic (exact) mass is 319 g/mol. The van der Waals surface area contributed by atoms with Crippen molar-refractivity contribution in [2.75, 3.05) is 19.0 Å². The molecule has 0 saturated carbocycles. The first-order valence-electron chi connectivity index (χ1n) is 6.11. The average molecular weight is 320 g/mol. The van der Waals surface area contributed by atoms with Crippen LogP contribution >= 0.6 is 15.9 Å². The highest BCUT2D eigenvalue weighted by molar-refractivity contribution is 9.10. The molecular weight excluding hydrogens is 306 g/mol.